The minimum Gasteiger partial charge on any atom is -0.383 e. The van der Waals surface area contributed by atoms with Gasteiger partial charge in [-0.25, -0.2) is 5.01 Å². The second-order valence-electron chi connectivity index (χ2n) is 2.20. The van der Waals surface area contributed by atoms with E-state index in [-0.39, 0.29) is 0 Å². The Kier molecular flexibility index (Phi) is 7.83. The van der Waals surface area contributed by atoms with Gasteiger partial charge in [-0.05, 0) is 7.05 Å². The van der Waals surface area contributed by atoms with E-state index in [9.17, 15) is 0 Å². The lowest BCUT2D eigenvalue weighted by molar-refractivity contribution is 0.0894. The summed E-state index contributed by atoms with van der Waals surface area (Å²) in [7, 11) is 5.29. The topological polar surface area (TPSA) is 33.7 Å². The Balaban J connectivity index is 3.25. The van der Waals surface area contributed by atoms with Crippen molar-refractivity contribution in [3.05, 3.63) is 0 Å². The van der Waals surface area contributed by atoms with Crippen molar-refractivity contribution in [1.29, 1.82) is 0 Å². The third-order valence-electron chi connectivity index (χ3n) is 1.45. The highest BCUT2D eigenvalue weighted by atomic mass is 16.5. The summed E-state index contributed by atoms with van der Waals surface area (Å²) >= 11 is 0. The molecule has 4 nitrogen and oxygen atoms in total. The van der Waals surface area contributed by atoms with Crippen LogP contribution < -0.4 is 5.43 Å². The first-order valence-corrected chi connectivity index (χ1v) is 3.75. The van der Waals surface area contributed by atoms with Crippen LogP contribution in [0.3, 0.4) is 0 Å². The second-order valence-corrected chi connectivity index (χ2v) is 2.20. The molecule has 0 saturated carbocycles. The zero-order chi connectivity index (χ0) is 8.53. The molecule has 0 aromatic rings. The molecule has 0 amide bonds. The first kappa shape index (κ1) is 10.8. The van der Waals surface area contributed by atoms with Crippen molar-refractivity contribution < 1.29 is 9.47 Å². The average Bonchev–Trinajstić information content (AvgIpc) is 2.05. The molecule has 0 radical (unpaired) electrons. The van der Waals surface area contributed by atoms with E-state index in [1.54, 1.807) is 14.2 Å². The summed E-state index contributed by atoms with van der Waals surface area (Å²) < 4.78 is 9.86. The molecule has 0 saturated heterocycles. The van der Waals surface area contributed by atoms with Crippen LogP contribution in [0.2, 0.25) is 0 Å². The Morgan fingerprint density at radius 1 is 1.09 bits per heavy atom. The van der Waals surface area contributed by atoms with Crippen molar-refractivity contribution >= 4 is 0 Å². The summed E-state index contributed by atoms with van der Waals surface area (Å²) in [5.74, 6) is 0. The quantitative estimate of drug-likeness (QED) is 0.522. The SMILES string of the molecule is CNN(CCOC)CCOC. The van der Waals surface area contributed by atoms with Gasteiger partial charge in [-0.1, -0.05) is 0 Å². The van der Waals surface area contributed by atoms with Gasteiger partial charge in [0.2, 0.25) is 0 Å². The fraction of sp³-hybridized carbons (Fsp3) is 1.00. The number of methoxy groups -OCH3 is 2. The van der Waals surface area contributed by atoms with Crippen LogP contribution in [0, 0.1) is 0 Å². The summed E-state index contributed by atoms with van der Waals surface area (Å²) in [5, 5.41) is 2.05. The molecule has 68 valence electrons. The fourth-order valence-corrected chi connectivity index (χ4v) is 0.738. The van der Waals surface area contributed by atoms with E-state index in [0.29, 0.717) is 0 Å². The molecule has 0 aromatic heterocycles. The maximum Gasteiger partial charge on any atom is 0.0603 e. The van der Waals surface area contributed by atoms with Crippen molar-refractivity contribution in [2.75, 3.05) is 47.6 Å². The lowest BCUT2D eigenvalue weighted by Crippen LogP contribution is -2.39. The number of rotatable bonds is 7. The van der Waals surface area contributed by atoms with Crippen LogP contribution in [0.4, 0.5) is 0 Å². The maximum atomic E-state index is 4.93. The van der Waals surface area contributed by atoms with E-state index < -0.39 is 0 Å². The molecule has 0 aliphatic heterocycles. The van der Waals surface area contributed by atoms with Gasteiger partial charge in [0.25, 0.3) is 0 Å². The molecular formula is C7H18N2O2. The van der Waals surface area contributed by atoms with Gasteiger partial charge in [-0.2, -0.15) is 0 Å². The number of nitrogens with one attached hydrogen (secondary N) is 1. The van der Waals surface area contributed by atoms with E-state index in [1.807, 2.05) is 12.1 Å². The molecule has 0 aliphatic carbocycles. The summed E-state index contributed by atoms with van der Waals surface area (Å²) in [6.07, 6.45) is 0. The van der Waals surface area contributed by atoms with Crippen LogP contribution in [0.1, 0.15) is 0 Å². The summed E-state index contributed by atoms with van der Waals surface area (Å²) in [4.78, 5) is 0. The molecule has 0 heterocycles. The van der Waals surface area contributed by atoms with Gasteiger partial charge in [-0.15, -0.1) is 0 Å². The molecule has 0 aromatic carbocycles. The van der Waals surface area contributed by atoms with E-state index in [2.05, 4.69) is 5.43 Å². The van der Waals surface area contributed by atoms with E-state index >= 15 is 0 Å². The summed E-state index contributed by atoms with van der Waals surface area (Å²) in [6.45, 7) is 3.25. The zero-order valence-corrected chi connectivity index (χ0v) is 7.59. The Labute approximate surface area is 68.4 Å². The van der Waals surface area contributed by atoms with Crippen LogP contribution in [0.5, 0.6) is 0 Å². The van der Waals surface area contributed by atoms with E-state index in [0.717, 1.165) is 26.3 Å². The molecule has 0 rings (SSSR count). The van der Waals surface area contributed by atoms with Crippen molar-refractivity contribution in [2.24, 2.45) is 0 Å². The molecule has 0 unspecified atom stereocenters. The third-order valence-corrected chi connectivity index (χ3v) is 1.45. The molecule has 0 spiro atoms. The molecular weight excluding hydrogens is 144 g/mol. The van der Waals surface area contributed by atoms with Gasteiger partial charge in [0.05, 0.1) is 13.2 Å². The minimum absolute atomic E-state index is 0.741. The molecule has 0 fully saturated rings. The molecule has 0 aliphatic rings. The smallest absolute Gasteiger partial charge is 0.0603 e. The number of hydrazine groups is 1. The van der Waals surface area contributed by atoms with Gasteiger partial charge in [0.15, 0.2) is 0 Å². The van der Waals surface area contributed by atoms with Crippen LogP contribution in [-0.2, 0) is 9.47 Å². The number of nitrogens with zero attached hydrogens (tertiary/aromatic N) is 1. The first-order chi connectivity index (χ1) is 5.35. The maximum absolute atomic E-state index is 4.93. The lowest BCUT2D eigenvalue weighted by atomic mass is 10.6. The van der Waals surface area contributed by atoms with Crippen molar-refractivity contribution in [3.8, 4) is 0 Å². The largest absolute Gasteiger partial charge is 0.383 e. The van der Waals surface area contributed by atoms with E-state index in [4.69, 9.17) is 9.47 Å². The normalized spacial score (nSPS) is 10.9. The Morgan fingerprint density at radius 3 is 1.82 bits per heavy atom. The highest BCUT2D eigenvalue weighted by Gasteiger charge is 1.99. The third kappa shape index (κ3) is 6.25. The van der Waals surface area contributed by atoms with Crippen LogP contribution >= 0.6 is 0 Å². The molecule has 0 atom stereocenters. The summed E-state index contributed by atoms with van der Waals surface area (Å²) in [5.41, 5.74) is 3.04. The summed E-state index contributed by atoms with van der Waals surface area (Å²) in [6, 6.07) is 0. The average molecular weight is 162 g/mol. The molecule has 11 heavy (non-hydrogen) atoms. The van der Waals surface area contributed by atoms with E-state index in [1.165, 1.54) is 0 Å². The number of hydrogen-bond donors (Lipinski definition) is 1. The van der Waals surface area contributed by atoms with Gasteiger partial charge in [0.1, 0.15) is 0 Å². The zero-order valence-electron chi connectivity index (χ0n) is 7.59. The second kappa shape index (κ2) is 7.94. The predicted octanol–water partition coefficient (Wildman–Crippen LogP) is -0.284. The fourth-order valence-electron chi connectivity index (χ4n) is 0.738. The molecule has 4 heteroatoms. The highest BCUT2D eigenvalue weighted by molar-refractivity contribution is 4.47. The molecule has 0 bridgehead atoms. The number of hydrogen-bond acceptors (Lipinski definition) is 4. The van der Waals surface area contributed by atoms with Gasteiger partial charge in [-0.3, -0.25) is 5.43 Å². The molecule has 1 N–H and O–H groups in total. The van der Waals surface area contributed by atoms with Gasteiger partial charge < -0.3 is 9.47 Å². The van der Waals surface area contributed by atoms with Crippen molar-refractivity contribution in [3.63, 3.8) is 0 Å². The van der Waals surface area contributed by atoms with Crippen molar-refractivity contribution in [1.82, 2.24) is 10.4 Å². The van der Waals surface area contributed by atoms with Crippen molar-refractivity contribution in [2.45, 2.75) is 0 Å². The first-order valence-electron chi connectivity index (χ1n) is 3.75. The van der Waals surface area contributed by atoms with Crippen LogP contribution in [-0.4, -0.2) is 52.6 Å². The predicted molar refractivity (Wildman–Crippen MR) is 44.4 cm³/mol. The van der Waals surface area contributed by atoms with Crippen LogP contribution in [0.15, 0.2) is 0 Å². The Morgan fingerprint density at radius 2 is 1.55 bits per heavy atom. The Bertz CT molecular complexity index is 72.8. The highest BCUT2D eigenvalue weighted by Crippen LogP contribution is 1.81. The van der Waals surface area contributed by atoms with Gasteiger partial charge in [0, 0.05) is 27.3 Å². The number of ether oxygens (including phenoxy) is 2. The minimum atomic E-state index is 0.741. The van der Waals surface area contributed by atoms with Gasteiger partial charge >= 0.3 is 0 Å². The monoisotopic (exact) mass is 162 g/mol. The van der Waals surface area contributed by atoms with Crippen LogP contribution in [0.25, 0.3) is 0 Å². The lowest BCUT2D eigenvalue weighted by Gasteiger charge is -2.19. The Hall–Kier alpha value is -0.160. The standard InChI is InChI=1S/C7H18N2O2/c1-8-9(4-6-10-2)5-7-11-3/h8H,4-7H2,1-3H3.